The van der Waals surface area contributed by atoms with Crippen molar-refractivity contribution >= 4 is 22.7 Å². The molecule has 0 saturated carbocycles. The molecular formula is C24H24N8O3. The number of methoxy groups -OCH3 is 2. The standard InChI is InChI=1S/C24H24N8O3/c1-14-5-9-20(29-28-14)26-16-6-8-19-18(12-16)25-13-31(19)21-10-7-17(24(33)35-4)23(27-21)32-15(2)11-22(30-32)34-3/h5-8,10-13,20,26H,9H2,1-4H3. The van der Waals surface area contributed by atoms with Gasteiger partial charge in [0.25, 0.3) is 0 Å². The van der Waals surface area contributed by atoms with Crippen LogP contribution in [0, 0.1) is 6.92 Å². The highest BCUT2D eigenvalue weighted by Crippen LogP contribution is 2.25. The summed E-state index contributed by atoms with van der Waals surface area (Å²) < 4.78 is 13.6. The van der Waals surface area contributed by atoms with Crippen LogP contribution in [-0.4, -0.2) is 50.7 Å². The van der Waals surface area contributed by atoms with E-state index >= 15 is 0 Å². The fourth-order valence-corrected chi connectivity index (χ4v) is 3.86. The maximum absolute atomic E-state index is 12.4. The quantitative estimate of drug-likeness (QED) is 0.417. The van der Waals surface area contributed by atoms with E-state index in [4.69, 9.17) is 14.5 Å². The molecule has 5 rings (SSSR count). The molecule has 1 aromatic carbocycles. The van der Waals surface area contributed by atoms with Crippen molar-refractivity contribution in [3.63, 3.8) is 0 Å². The van der Waals surface area contributed by atoms with Crippen LogP contribution in [0.4, 0.5) is 5.69 Å². The van der Waals surface area contributed by atoms with Gasteiger partial charge in [-0.3, -0.25) is 4.57 Å². The summed E-state index contributed by atoms with van der Waals surface area (Å²) in [5, 5.41) is 16.2. The number of azo groups is 1. The third kappa shape index (κ3) is 4.23. The number of nitrogens with one attached hydrogen (secondary N) is 1. The van der Waals surface area contributed by atoms with Gasteiger partial charge in [0, 0.05) is 23.9 Å². The topological polar surface area (TPSA) is 121 Å². The van der Waals surface area contributed by atoms with Crippen molar-refractivity contribution in [3.05, 3.63) is 65.8 Å². The van der Waals surface area contributed by atoms with Crippen LogP contribution >= 0.6 is 0 Å². The molecular weight excluding hydrogens is 448 g/mol. The maximum Gasteiger partial charge on any atom is 0.341 e. The average Bonchev–Trinajstić information content (AvgIpc) is 3.47. The Balaban J connectivity index is 1.52. The Morgan fingerprint density at radius 3 is 2.71 bits per heavy atom. The number of benzene rings is 1. The molecule has 1 atom stereocenters. The lowest BCUT2D eigenvalue weighted by molar-refractivity contribution is 0.0600. The summed E-state index contributed by atoms with van der Waals surface area (Å²) in [6.07, 6.45) is 4.42. The Hall–Kier alpha value is -4.54. The molecule has 1 aliphatic rings. The second-order valence-electron chi connectivity index (χ2n) is 8.05. The Kier molecular flexibility index (Phi) is 5.73. The van der Waals surface area contributed by atoms with Crippen molar-refractivity contribution in [1.82, 2.24) is 24.3 Å². The van der Waals surface area contributed by atoms with Crippen molar-refractivity contribution in [2.24, 2.45) is 10.2 Å². The number of pyridine rings is 1. The lowest BCUT2D eigenvalue weighted by Gasteiger charge is -2.16. The van der Waals surface area contributed by atoms with Gasteiger partial charge < -0.3 is 14.8 Å². The van der Waals surface area contributed by atoms with Gasteiger partial charge in [0.05, 0.1) is 31.0 Å². The van der Waals surface area contributed by atoms with E-state index in [1.54, 1.807) is 29.2 Å². The Morgan fingerprint density at radius 1 is 1.14 bits per heavy atom. The molecule has 4 aromatic rings. The molecule has 35 heavy (non-hydrogen) atoms. The van der Waals surface area contributed by atoms with Gasteiger partial charge in [0.2, 0.25) is 5.88 Å². The number of allylic oxidation sites excluding steroid dienone is 1. The molecule has 1 aliphatic heterocycles. The van der Waals surface area contributed by atoms with E-state index in [-0.39, 0.29) is 11.7 Å². The van der Waals surface area contributed by atoms with E-state index in [2.05, 4.69) is 31.7 Å². The second-order valence-corrected chi connectivity index (χ2v) is 8.05. The Labute approximate surface area is 201 Å². The largest absolute Gasteiger partial charge is 0.480 e. The van der Waals surface area contributed by atoms with Gasteiger partial charge in [0.15, 0.2) is 5.82 Å². The summed E-state index contributed by atoms with van der Waals surface area (Å²) in [6.45, 7) is 3.79. The summed E-state index contributed by atoms with van der Waals surface area (Å²) in [6, 6.07) is 11.1. The van der Waals surface area contributed by atoms with E-state index in [0.717, 1.165) is 34.5 Å². The van der Waals surface area contributed by atoms with Crippen LogP contribution < -0.4 is 10.1 Å². The molecule has 0 spiro atoms. The van der Waals surface area contributed by atoms with Crippen LogP contribution in [0.25, 0.3) is 22.7 Å². The molecule has 4 heterocycles. The highest BCUT2D eigenvalue weighted by Gasteiger charge is 2.20. The van der Waals surface area contributed by atoms with Crippen LogP contribution in [0.2, 0.25) is 0 Å². The van der Waals surface area contributed by atoms with Gasteiger partial charge in [0.1, 0.15) is 23.9 Å². The molecule has 0 amide bonds. The fraction of sp³-hybridized carbons (Fsp3) is 0.250. The van der Waals surface area contributed by atoms with Crippen molar-refractivity contribution in [2.45, 2.75) is 26.4 Å². The van der Waals surface area contributed by atoms with E-state index in [0.29, 0.717) is 17.5 Å². The predicted molar refractivity (Wildman–Crippen MR) is 129 cm³/mol. The van der Waals surface area contributed by atoms with Crippen LogP contribution in [0.3, 0.4) is 0 Å². The number of ether oxygens (including phenoxy) is 2. The number of aryl methyl sites for hydroxylation is 1. The highest BCUT2D eigenvalue weighted by molar-refractivity contribution is 5.93. The number of anilines is 1. The molecule has 0 fully saturated rings. The van der Waals surface area contributed by atoms with E-state index in [9.17, 15) is 4.79 Å². The zero-order valence-electron chi connectivity index (χ0n) is 19.8. The van der Waals surface area contributed by atoms with Gasteiger partial charge in [-0.15, -0.1) is 5.10 Å². The molecule has 0 aliphatic carbocycles. The summed E-state index contributed by atoms with van der Waals surface area (Å²) >= 11 is 0. The number of hydrogen-bond donors (Lipinski definition) is 1. The minimum atomic E-state index is -0.510. The second kappa shape index (κ2) is 9.01. The third-order valence-electron chi connectivity index (χ3n) is 5.66. The molecule has 1 N–H and O–H groups in total. The zero-order chi connectivity index (χ0) is 24.5. The molecule has 0 saturated heterocycles. The van der Waals surface area contributed by atoms with E-state index in [1.807, 2.05) is 36.6 Å². The fourth-order valence-electron chi connectivity index (χ4n) is 3.86. The predicted octanol–water partition coefficient (Wildman–Crippen LogP) is 4.21. The van der Waals surface area contributed by atoms with Gasteiger partial charge in [-0.1, -0.05) is 6.08 Å². The van der Waals surface area contributed by atoms with E-state index < -0.39 is 5.97 Å². The Morgan fingerprint density at radius 2 is 2.00 bits per heavy atom. The number of fused-ring (bicyclic) bond motifs is 1. The number of carbonyl (C=O) groups is 1. The highest BCUT2D eigenvalue weighted by atomic mass is 16.5. The zero-order valence-corrected chi connectivity index (χ0v) is 19.8. The van der Waals surface area contributed by atoms with Crippen LogP contribution in [0.15, 0.2) is 64.7 Å². The normalized spacial score (nSPS) is 15.2. The first-order valence-corrected chi connectivity index (χ1v) is 11.0. The van der Waals surface area contributed by atoms with Gasteiger partial charge in [-0.2, -0.15) is 10.2 Å². The molecule has 11 heteroatoms. The number of rotatable bonds is 6. The lowest BCUT2D eigenvalue weighted by atomic mass is 10.2. The van der Waals surface area contributed by atoms with Crippen LogP contribution in [-0.2, 0) is 4.74 Å². The summed E-state index contributed by atoms with van der Waals surface area (Å²) in [5.41, 5.74) is 4.50. The number of hydrogen-bond acceptors (Lipinski definition) is 9. The first-order valence-electron chi connectivity index (χ1n) is 11.0. The number of imidazole rings is 1. The van der Waals surface area contributed by atoms with Crippen molar-refractivity contribution in [3.8, 4) is 17.5 Å². The number of nitrogens with zero attached hydrogens (tertiary/aromatic N) is 7. The van der Waals surface area contributed by atoms with Crippen LogP contribution in [0.1, 0.15) is 29.4 Å². The van der Waals surface area contributed by atoms with Crippen molar-refractivity contribution in [1.29, 1.82) is 0 Å². The van der Waals surface area contributed by atoms with Crippen molar-refractivity contribution in [2.75, 3.05) is 19.5 Å². The summed E-state index contributed by atoms with van der Waals surface area (Å²) in [4.78, 5) is 21.8. The third-order valence-corrected chi connectivity index (χ3v) is 5.66. The van der Waals surface area contributed by atoms with Crippen LogP contribution in [0.5, 0.6) is 5.88 Å². The molecule has 1 unspecified atom stereocenters. The minimum absolute atomic E-state index is 0.109. The number of esters is 1. The first kappa shape index (κ1) is 22.3. The van der Waals surface area contributed by atoms with Gasteiger partial charge in [-0.25, -0.2) is 19.4 Å². The molecule has 178 valence electrons. The average molecular weight is 473 g/mol. The lowest BCUT2D eigenvalue weighted by Crippen LogP contribution is -2.17. The summed E-state index contributed by atoms with van der Waals surface area (Å²) in [5.74, 6) is 0.818. The monoisotopic (exact) mass is 472 g/mol. The van der Waals surface area contributed by atoms with Crippen molar-refractivity contribution < 1.29 is 14.3 Å². The minimum Gasteiger partial charge on any atom is -0.480 e. The van der Waals surface area contributed by atoms with E-state index in [1.165, 1.54) is 14.2 Å². The molecule has 0 radical (unpaired) electrons. The molecule has 3 aromatic heterocycles. The first-order chi connectivity index (χ1) is 17.0. The summed E-state index contributed by atoms with van der Waals surface area (Å²) in [7, 11) is 2.87. The maximum atomic E-state index is 12.4. The number of carbonyl (C=O) groups excluding carboxylic acids is 1. The molecule has 0 bridgehead atoms. The number of aromatic nitrogens is 5. The van der Waals surface area contributed by atoms with Gasteiger partial charge in [-0.05, 0) is 44.2 Å². The van der Waals surface area contributed by atoms with Gasteiger partial charge >= 0.3 is 5.97 Å². The smallest absolute Gasteiger partial charge is 0.341 e. The Bertz CT molecular complexity index is 1480. The molecule has 11 nitrogen and oxygen atoms in total. The SMILES string of the molecule is COC(=O)c1ccc(-n2cnc3cc(NC4CC=C(C)N=N4)ccc32)nc1-n1nc(OC)cc1C.